The standard InChI is InChI=1S/C42H25N3O2/c1-2-8-27(9-3-1)42-44-36-11-4-5-12-37(36)45(42)30-17-13-26(14-18-30)28-15-19-38-31(22-28)33-24-41-34(25-40(33)46-38)32-23-29(16-20-39(32)47-41)35-10-6-7-21-43-35/h1-25H. The fourth-order valence-electron chi connectivity index (χ4n) is 6.79. The quantitative estimate of drug-likeness (QED) is 0.201. The van der Waals surface area contributed by atoms with Gasteiger partial charge in [0, 0.05) is 44.6 Å². The Bertz CT molecular complexity index is 2770. The lowest BCUT2D eigenvalue weighted by Gasteiger charge is -2.11. The molecule has 47 heavy (non-hydrogen) atoms. The van der Waals surface area contributed by atoms with E-state index in [-0.39, 0.29) is 0 Å². The molecule has 10 rings (SSSR count). The van der Waals surface area contributed by atoms with Crippen molar-refractivity contribution >= 4 is 54.9 Å². The highest BCUT2D eigenvalue weighted by molar-refractivity contribution is 6.15. The number of aromatic nitrogens is 3. The predicted octanol–water partition coefficient (Wildman–Crippen LogP) is 11.2. The summed E-state index contributed by atoms with van der Waals surface area (Å²) in [5, 5.41) is 4.17. The Morgan fingerprint density at radius 1 is 0.447 bits per heavy atom. The molecule has 0 saturated heterocycles. The Balaban J connectivity index is 1.06. The number of rotatable bonds is 4. The normalized spacial score (nSPS) is 11.8. The molecular weight excluding hydrogens is 578 g/mol. The van der Waals surface area contributed by atoms with Crippen LogP contribution in [-0.4, -0.2) is 14.5 Å². The third-order valence-electron chi connectivity index (χ3n) is 9.07. The van der Waals surface area contributed by atoms with Crippen LogP contribution in [-0.2, 0) is 0 Å². The molecule has 0 N–H and O–H groups in total. The van der Waals surface area contributed by atoms with Crippen molar-refractivity contribution in [3.8, 4) is 39.5 Å². The molecular formula is C42H25N3O2. The molecule has 0 saturated carbocycles. The molecule has 4 aromatic heterocycles. The summed E-state index contributed by atoms with van der Waals surface area (Å²) in [4.78, 5) is 9.52. The highest BCUT2D eigenvalue weighted by atomic mass is 16.3. The number of hydrogen-bond donors (Lipinski definition) is 0. The van der Waals surface area contributed by atoms with Crippen molar-refractivity contribution in [2.75, 3.05) is 0 Å². The molecule has 0 fully saturated rings. The molecule has 5 heteroatoms. The molecule has 0 aliphatic rings. The van der Waals surface area contributed by atoms with Crippen molar-refractivity contribution in [1.29, 1.82) is 0 Å². The van der Waals surface area contributed by atoms with Gasteiger partial charge in [-0.1, -0.05) is 66.7 Å². The summed E-state index contributed by atoms with van der Waals surface area (Å²) in [5.74, 6) is 0.927. The van der Waals surface area contributed by atoms with Crippen molar-refractivity contribution in [2.24, 2.45) is 0 Å². The van der Waals surface area contributed by atoms with Crippen molar-refractivity contribution in [3.05, 3.63) is 152 Å². The third-order valence-corrected chi connectivity index (χ3v) is 9.07. The van der Waals surface area contributed by atoms with Gasteiger partial charge in [-0.25, -0.2) is 4.98 Å². The summed E-state index contributed by atoms with van der Waals surface area (Å²) in [7, 11) is 0. The zero-order valence-electron chi connectivity index (χ0n) is 25.1. The number of benzene rings is 6. The number of fused-ring (bicyclic) bond motifs is 7. The van der Waals surface area contributed by atoms with Gasteiger partial charge in [-0.05, 0) is 90.0 Å². The van der Waals surface area contributed by atoms with Crippen LogP contribution in [0.5, 0.6) is 0 Å². The van der Waals surface area contributed by atoms with Gasteiger partial charge in [0.25, 0.3) is 0 Å². The molecule has 10 aromatic rings. The second-order valence-electron chi connectivity index (χ2n) is 11.9. The van der Waals surface area contributed by atoms with Gasteiger partial charge in [-0.3, -0.25) is 9.55 Å². The fraction of sp³-hybridized carbons (Fsp3) is 0. The third kappa shape index (κ3) is 4.10. The Morgan fingerprint density at radius 3 is 1.79 bits per heavy atom. The highest BCUT2D eigenvalue weighted by Crippen LogP contribution is 2.39. The van der Waals surface area contributed by atoms with E-state index in [2.05, 4.69) is 119 Å². The number of imidazole rings is 1. The second-order valence-corrected chi connectivity index (χ2v) is 11.9. The van der Waals surface area contributed by atoms with Gasteiger partial charge in [0.15, 0.2) is 0 Å². The maximum absolute atomic E-state index is 6.38. The topological polar surface area (TPSA) is 57.0 Å². The first-order chi connectivity index (χ1) is 23.3. The Hall–Kier alpha value is -6.46. The molecule has 0 unspecified atom stereocenters. The van der Waals surface area contributed by atoms with E-state index < -0.39 is 0 Å². The zero-order valence-corrected chi connectivity index (χ0v) is 25.1. The van der Waals surface area contributed by atoms with Gasteiger partial charge < -0.3 is 8.83 Å². The van der Waals surface area contributed by atoms with Gasteiger partial charge in [0.2, 0.25) is 0 Å². The zero-order chi connectivity index (χ0) is 30.9. The smallest absolute Gasteiger partial charge is 0.145 e. The molecule has 0 amide bonds. The number of para-hydroxylation sites is 2. The summed E-state index contributed by atoms with van der Waals surface area (Å²) in [5.41, 5.74) is 11.8. The molecule has 6 aromatic carbocycles. The summed E-state index contributed by atoms with van der Waals surface area (Å²) < 4.78 is 15.0. The van der Waals surface area contributed by atoms with E-state index in [0.717, 1.165) is 94.4 Å². The second kappa shape index (κ2) is 10.0. The molecule has 0 bridgehead atoms. The van der Waals surface area contributed by atoms with E-state index in [0.29, 0.717) is 0 Å². The average molecular weight is 604 g/mol. The molecule has 0 aliphatic carbocycles. The van der Waals surface area contributed by atoms with E-state index in [1.807, 2.05) is 42.6 Å². The number of furan rings is 2. The minimum absolute atomic E-state index is 0.838. The minimum Gasteiger partial charge on any atom is -0.456 e. The largest absolute Gasteiger partial charge is 0.456 e. The number of pyridine rings is 1. The summed E-state index contributed by atoms with van der Waals surface area (Å²) >= 11 is 0. The van der Waals surface area contributed by atoms with Gasteiger partial charge in [0.1, 0.15) is 28.2 Å². The van der Waals surface area contributed by atoms with Crippen LogP contribution >= 0.6 is 0 Å². The first-order valence-electron chi connectivity index (χ1n) is 15.6. The SMILES string of the molecule is c1ccc(-c2nc3ccccc3n2-c2ccc(-c3ccc4oc5cc6c(cc5c4c3)oc3ccc(-c4ccccn4)cc36)cc2)cc1. The Kier molecular flexibility index (Phi) is 5.51. The highest BCUT2D eigenvalue weighted by Gasteiger charge is 2.17. The minimum atomic E-state index is 0.838. The summed E-state index contributed by atoms with van der Waals surface area (Å²) in [6.07, 6.45) is 1.82. The predicted molar refractivity (Wildman–Crippen MR) is 190 cm³/mol. The van der Waals surface area contributed by atoms with Crippen LogP contribution in [0.3, 0.4) is 0 Å². The van der Waals surface area contributed by atoms with E-state index >= 15 is 0 Å². The number of nitrogens with zero attached hydrogens (tertiary/aromatic N) is 3. The summed E-state index contributed by atoms with van der Waals surface area (Å²) in [6.45, 7) is 0. The molecule has 220 valence electrons. The van der Waals surface area contributed by atoms with Crippen LogP contribution in [0.2, 0.25) is 0 Å². The van der Waals surface area contributed by atoms with Crippen molar-refractivity contribution in [3.63, 3.8) is 0 Å². The maximum atomic E-state index is 6.38. The Morgan fingerprint density at radius 2 is 1.06 bits per heavy atom. The molecule has 0 atom stereocenters. The Labute approximate surface area is 269 Å². The van der Waals surface area contributed by atoms with E-state index in [1.165, 1.54) is 0 Å². The molecule has 0 aliphatic heterocycles. The lowest BCUT2D eigenvalue weighted by atomic mass is 10.0. The van der Waals surface area contributed by atoms with Gasteiger partial charge >= 0.3 is 0 Å². The van der Waals surface area contributed by atoms with Crippen LogP contribution < -0.4 is 0 Å². The van der Waals surface area contributed by atoms with Crippen molar-refractivity contribution in [1.82, 2.24) is 14.5 Å². The van der Waals surface area contributed by atoms with Crippen LogP contribution in [0.4, 0.5) is 0 Å². The van der Waals surface area contributed by atoms with Crippen LogP contribution in [0.1, 0.15) is 0 Å². The van der Waals surface area contributed by atoms with E-state index in [1.54, 1.807) is 0 Å². The van der Waals surface area contributed by atoms with Crippen molar-refractivity contribution in [2.45, 2.75) is 0 Å². The number of hydrogen-bond acceptors (Lipinski definition) is 4. The molecule has 0 radical (unpaired) electrons. The lowest BCUT2D eigenvalue weighted by Crippen LogP contribution is -1.97. The maximum Gasteiger partial charge on any atom is 0.145 e. The monoisotopic (exact) mass is 603 g/mol. The molecule has 4 heterocycles. The van der Waals surface area contributed by atoms with E-state index in [9.17, 15) is 0 Å². The van der Waals surface area contributed by atoms with Crippen LogP contribution in [0.25, 0.3) is 94.4 Å². The van der Waals surface area contributed by atoms with Gasteiger partial charge in [-0.2, -0.15) is 0 Å². The van der Waals surface area contributed by atoms with Crippen LogP contribution in [0, 0.1) is 0 Å². The first kappa shape index (κ1) is 25.8. The summed E-state index contributed by atoms with van der Waals surface area (Å²) in [6, 6.07) is 50.1. The molecule has 0 spiro atoms. The lowest BCUT2D eigenvalue weighted by molar-refractivity contribution is 0.664. The first-order valence-corrected chi connectivity index (χ1v) is 15.6. The van der Waals surface area contributed by atoms with Crippen molar-refractivity contribution < 1.29 is 8.83 Å². The van der Waals surface area contributed by atoms with Gasteiger partial charge in [-0.15, -0.1) is 0 Å². The fourth-order valence-corrected chi connectivity index (χ4v) is 6.79. The van der Waals surface area contributed by atoms with Gasteiger partial charge in [0.05, 0.1) is 16.7 Å². The van der Waals surface area contributed by atoms with Crippen LogP contribution in [0.15, 0.2) is 161 Å². The molecule has 5 nitrogen and oxygen atoms in total. The van der Waals surface area contributed by atoms with E-state index in [4.69, 9.17) is 13.8 Å². The average Bonchev–Trinajstić information content (AvgIpc) is 3.82.